The number of benzene rings is 1. The van der Waals surface area contributed by atoms with Crippen molar-refractivity contribution in [2.75, 3.05) is 20.3 Å². The molecule has 1 aromatic rings. The Labute approximate surface area is 101 Å². The second-order valence-electron chi connectivity index (χ2n) is 3.38. The Hall–Kier alpha value is -1.42. The SMILES string of the molecule is COCCCNS(=O)(=O)c1ccc(C#N)cc1. The molecule has 0 heterocycles. The number of nitrogens with one attached hydrogen (secondary N) is 1. The van der Waals surface area contributed by atoms with Crippen LogP contribution in [0.2, 0.25) is 0 Å². The van der Waals surface area contributed by atoms with Crippen LogP contribution in [0.5, 0.6) is 0 Å². The van der Waals surface area contributed by atoms with E-state index >= 15 is 0 Å². The fourth-order valence-corrected chi connectivity index (χ4v) is 2.29. The molecule has 0 aliphatic rings. The minimum Gasteiger partial charge on any atom is -0.385 e. The van der Waals surface area contributed by atoms with Crippen LogP contribution in [0.25, 0.3) is 0 Å². The minimum atomic E-state index is -3.48. The summed E-state index contributed by atoms with van der Waals surface area (Å²) >= 11 is 0. The third-order valence-corrected chi connectivity index (χ3v) is 3.59. The van der Waals surface area contributed by atoms with Crippen molar-refractivity contribution in [2.45, 2.75) is 11.3 Å². The summed E-state index contributed by atoms with van der Waals surface area (Å²) in [5, 5.41) is 8.60. The van der Waals surface area contributed by atoms with Crippen molar-refractivity contribution in [1.82, 2.24) is 4.72 Å². The Morgan fingerprint density at radius 1 is 1.35 bits per heavy atom. The molecular weight excluding hydrogens is 240 g/mol. The second-order valence-corrected chi connectivity index (χ2v) is 5.15. The predicted octanol–water partition coefficient (Wildman–Crippen LogP) is 0.873. The van der Waals surface area contributed by atoms with Crippen LogP contribution in [-0.2, 0) is 14.8 Å². The monoisotopic (exact) mass is 254 g/mol. The van der Waals surface area contributed by atoms with E-state index in [2.05, 4.69) is 4.72 Å². The van der Waals surface area contributed by atoms with Gasteiger partial charge in [0.2, 0.25) is 10.0 Å². The van der Waals surface area contributed by atoms with E-state index in [1.165, 1.54) is 24.3 Å². The number of sulfonamides is 1. The van der Waals surface area contributed by atoms with Crippen LogP contribution in [0, 0.1) is 11.3 Å². The lowest BCUT2D eigenvalue weighted by molar-refractivity contribution is 0.196. The summed E-state index contributed by atoms with van der Waals surface area (Å²) in [5.74, 6) is 0. The van der Waals surface area contributed by atoms with E-state index in [1.807, 2.05) is 6.07 Å². The van der Waals surface area contributed by atoms with Crippen molar-refractivity contribution in [1.29, 1.82) is 5.26 Å². The van der Waals surface area contributed by atoms with E-state index in [0.29, 0.717) is 25.1 Å². The first kappa shape index (κ1) is 13.6. The Kier molecular flexibility index (Phi) is 5.10. The fourth-order valence-electron chi connectivity index (χ4n) is 1.21. The van der Waals surface area contributed by atoms with Crippen molar-refractivity contribution in [2.24, 2.45) is 0 Å². The van der Waals surface area contributed by atoms with Crippen LogP contribution in [0.4, 0.5) is 0 Å². The Balaban J connectivity index is 2.66. The van der Waals surface area contributed by atoms with Gasteiger partial charge in [-0.25, -0.2) is 13.1 Å². The summed E-state index contributed by atoms with van der Waals surface area (Å²) in [7, 11) is -1.92. The van der Waals surface area contributed by atoms with Crippen molar-refractivity contribution in [3.05, 3.63) is 29.8 Å². The zero-order valence-corrected chi connectivity index (χ0v) is 10.3. The first-order valence-electron chi connectivity index (χ1n) is 5.09. The van der Waals surface area contributed by atoms with E-state index in [-0.39, 0.29) is 4.90 Å². The van der Waals surface area contributed by atoms with E-state index in [9.17, 15) is 8.42 Å². The number of nitrogens with zero attached hydrogens (tertiary/aromatic N) is 1. The van der Waals surface area contributed by atoms with Gasteiger partial charge >= 0.3 is 0 Å². The lowest BCUT2D eigenvalue weighted by atomic mass is 10.2. The van der Waals surface area contributed by atoms with Gasteiger partial charge in [-0.15, -0.1) is 0 Å². The Morgan fingerprint density at radius 2 is 2.00 bits per heavy atom. The number of ether oxygens (including phenoxy) is 1. The summed E-state index contributed by atoms with van der Waals surface area (Å²) in [6.45, 7) is 0.839. The van der Waals surface area contributed by atoms with E-state index < -0.39 is 10.0 Å². The van der Waals surface area contributed by atoms with Crippen molar-refractivity contribution < 1.29 is 13.2 Å². The largest absolute Gasteiger partial charge is 0.385 e. The molecule has 5 nitrogen and oxygen atoms in total. The van der Waals surface area contributed by atoms with Gasteiger partial charge in [0.1, 0.15) is 0 Å². The van der Waals surface area contributed by atoms with Crippen molar-refractivity contribution >= 4 is 10.0 Å². The molecular formula is C11H14N2O3S. The molecule has 0 bridgehead atoms. The number of nitriles is 1. The molecule has 0 aromatic heterocycles. The third-order valence-electron chi connectivity index (χ3n) is 2.11. The second kappa shape index (κ2) is 6.35. The van der Waals surface area contributed by atoms with Crippen LogP contribution >= 0.6 is 0 Å². The van der Waals surface area contributed by atoms with Crippen LogP contribution in [-0.4, -0.2) is 28.7 Å². The lowest BCUT2D eigenvalue weighted by Crippen LogP contribution is -2.25. The lowest BCUT2D eigenvalue weighted by Gasteiger charge is -2.06. The molecule has 0 amide bonds. The van der Waals surface area contributed by atoms with E-state index in [4.69, 9.17) is 10.00 Å². The first-order valence-corrected chi connectivity index (χ1v) is 6.57. The molecule has 1 rings (SSSR count). The minimum absolute atomic E-state index is 0.161. The maximum absolute atomic E-state index is 11.8. The normalized spacial score (nSPS) is 11.1. The first-order chi connectivity index (χ1) is 8.10. The van der Waals surface area contributed by atoms with Gasteiger partial charge < -0.3 is 4.74 Å². The zero-order valence-electron chi connectivity index (χ0n) is 9.51. The molecule has 0 fully saturated rings. The molecule has 0 unspecified atom stereocenters. The quantitative estimate of drug-likeness (QED) is 0.764. The highest BCUT2D eigenvalue weighted by Crippen LogP contribution is 2.09. The molecule has 0 saturated carbocycles. The average molecular weight is 254 g/mol. The number of methoxy groups -OCH3 is 1. The van der Waals surface area contributed by atoms with Crippen molar-refractivity contribution in [3.63, 3.8) is 0 Å². The molecule has 0 radical (unpaired) electrons. The Morgan fingerprint density at radius 3 is 2.53 bits per heavy atom. The smallest absolute Gasteiger partial charge is 0.240 e. The van der Waals surface area contributed by atoms with Gasteiger partial charge in [-0.1, -0.05) is 0 Å². The molecule has 1 aromatic carbocycles. The maximum atomic E-state index is 11.8. The summed E-state index contributed by atoms with van der Waals surface area (Å²) in [4.78, 5) is 0.161. The van der Waals surface area contributed by atoms with Gasteiger partial charge in [0.05, 0.1) is 16.5 Å². The summed E-state index contributed by atoms with van der Waals surface area (Å²) in [6.07, 6.45) is 0.617. The molecule has 0 saturated heterocycles. The van der Waals surface area contributed by atoms with Gasteiger partial charge in [0, 0.05) is 20.3 Å². The highest BCUT2D eigenvalue weighted by atomic mass is 32.2. The van der Waals surface area contributed by atoms with Gasteiger partial charge in [0.25, 0.3) is 0 Å². The molecule has 0 spiro atoms. The van der Waals surface area contributed by atoms with Gasteiger partial charge in [-0.2, -0.15) is 5.26 Å². The third kappa shape index (κ3) is 4.15. The molecule has 0 aliphatic carbocycles. The topological polar surface area (TPSA) is 79.2 Å². The van der Waals surface area contributed by atoms with Crippen LogP contribution in [0.1, 0.15) is 12.0 Å². The van der Waals surface area contributed by atoms with Crippen LogP contribution in [0.15, 0.2) is 29.2 Å². The molecule has 0 aliphatic heterocycles. The number of rotatable bonds is 6. The predicted molar refractivity (Wildman–Crippen MR) is 62.8 cm³/mol. The van der Waals surface area contributed by atoms with Gasteiger partial charge in [-0.05, 0) is 30.7 Å². The van der Waals surface area contributed by atoms with Crippen LogP contribution in [0.3, 0.4) is 0 Å². The molecule has 6 heteroatoms. The summed E-state index contributed by atoms with van der Waals surface area (Å²) in [5.41, 5.74) is 0.434. The Bertz CT molecular complexity index is 488. The van der Waals surface area contributed by atoms with E-state index in [1.54, 1.807) is 7.11 Å². The molecule has 1 N–H and O–H groups in total. The van der Waals surface area contributed by atoms with Gasteiger partial charge in [-0.3, -0.25) is 0 Å². The highest BCUT2D eigenvalue weighted by molar-refractivity contribution is 7.89. The molecule has 0 atom stereocenters. The summed E-state index contributed by atoms with van der Waals surface area (Å²) < 4.78 is 30.8. The van der Waals surface area contributed by atoms with Gasteiger partial charge in [0.15, 0.2) is 0 Å². The summed E-state index contributed by atoms with van der Waals surface area (Å²) in [6, 6.07) is 7.71. The van der Waals surface area contributed by atoms with E-state index in [0.717, 1.165) is 0 Å². The fraction of sp³-hybridized carbons (Fsp3) is 0.364. The average Bonchev–Trinajstić information content (AvgIpc) is 2.35. The number of hydrogen-bond acceptors (Lipinski definition) is 4. The maximum Gasteiger partial charge on any atom is 0.240 e. The molecule has 17 heavy (non-hydrogen) atoms. The van der Waals surface area contributed by atoms with Crippen LogP contribution < -0.4 is 4.72 Å². The van der Waals surface area contributed by atoms with Crippen molar-refractivity contribution in [3.8, 4) is 6.07 Å². The highest BCUT2D eigenvalue weighted by Gasteiger charge is 2.12. The number of hydrogen-bond donors (Lipinski definition) is 1. The molecule has 92 valence electrons. The standard InChI is InChI=1S/C11H14N2O3S/c1-16-8-2-7-13-17(14,15)11-5-3-10(9-12)4-6-11/h3-6,13H,2,7-8H2,1H3. The zero-order chi connectivity index (χ0) is 12.7.